The third-order valence-electron chi connectivity index (χ3n) is 2.16. The van der Waals surface area contributed by atoms with Crippen molar-refractivity contribution in [2.24, 2.45) is 0 Å². The van der Waals surface area contributed by atoms with Crippen LogP contribution in [-0.4, -0.2) is 48.0 Å². The van der Waals surface area contributed by atoms with E-state index in [1.807, 2.05) is 13.8 Å². The van der Waals surface area contributed by atoms with Crippen molar-refractivity contribution in [3.05, 3.63) is 0 Å². The van der Waals surface area contributed by atoms with E-state index in [9.17, 15) is 5.11 Å². The molecule has 90 valence electrons. The molecule has 15 heavy (non-hydrogen) atoms. The van der Waals surface area contributed by atoms with E-state index in [2.05, 4.69) is 6.92 Å². The highest BCUT2D eigenvalue weighted by molar-refractivity contribution is 7.99. The Bertz CT molecular complexity index is 173. The first-order valence-electron chi connectivity index (χ1n) is 5.37. The fourth-order valence-corrected chi connectivity index (χ4v) is 2.49. The molecule has 1 heterocycles. The molecule has 1 aliphatic heterocycles. The normalized spacial score (nSPS) is 34.0. The van der Waals surface area contributed by atoms with Gasteiger partial charge in [-0.25, -0.2) is 0 Å². The standard InChI is InChI=1S/C10H20O4S/c1-4-12-10(15-5-2)9-8(11)6-13-7(3)14-9/h7-11H,4-6H2,1-3H3/t7?,8-,9-,10?/m1/s1. The smallest absolute Gasteiger partial charge is 0.155 e. The zero-order valence-corrected chi connectivity index (χ0v) is 10.3. The van der Waals surface area contributed by atoms with Crippen LogP contribution in [0.1, 0.15) is 20.8 Å². The van der Waals surface area contributed by atoms with Crippen LogP contribution < -0.4 is 0 Å². The summed E-state index contributed by atoms with van der Waals surface area (Å²) >= 11 is 1.65. The fourth-order valence-electron chi connectivity index (χ4n) is 1.49. The first-order chi connectivity index (χ1) is 7.19. The van der Waals surface area contributed by atoms with Gasteiger partial charge in [-0.05, 0) is 19.6 Å². The minimum absolute atomic E-state index is 0.110. The number of thioether (sulfide) groups is 1. The highest BCUT2D eigenvalue weighted by Crippen LogP contribution is 2.25. The summed E-state index contributed by atoms with van der Waals surface area (Å²) < 4.78 is 16.3. The number of rotatable bonds is 5. The first kappa shape index (κ1) is 13.3. The van der Waals surface area contributed by atoms with Gasteiger partial charge in [-0.2, -0.15) is 0 Å². The van der Waals surface area contributed by atoms with Gasteiger partial charge in [0.15, 0.2) is 6.29 Å². The van der Waals surface area contributed by atoms with Gasteiger partial charge in [0, 0.05) is 6.61 Å². The molecule has 0 saturated carbocycles. The minimum atomic E-state index is -0.600. The van der Waals surface area contributed by atoms with E-state index in [1.165, 1.54) is 0 Å². The van der Waals surface area contributed by atoms with Crippen LogP contribution in [0.2, 0.25) is 0 Å². The number of aliphatic hydroxyl groups is 1. The summed E-state index contributed by atoms with van der Waals surface area (Å²) in [5.74, 6) is 0.937. The Kier molecular flexibility index (Phi) is 5.92. The Morgan fingerprint density at radius 3 is 2.87 bits per heavy atom. The predicted octanol–water partition coefficient (Wildman–Crippen LogP) is 1.22. The molecule has 1 rings (SSSR count). The largest absolute Gasteiger partial charge is 0.388 e. The molecule has 0 bridgehead atoms. The molecule has 0 spiro atoms. The molecule has 0 aromatic heterocycles. The van der Waals surface area contributed by atoms with Gasteiger partial charge in [-0.15, -0.1) is 11.8 Å². The van der Waals surface area contributed by atoms with Crippen LogP contribution in [-0.2, 0) is 14.2 Å². The number of hydrogen-bond donors (Lipinski definition) is 1. The van der Waals surface area contributed by atoms with Gasteiger partial charge in [0.05, 0.1) is 6.61 Å². The second-order valence-corrected chi connectivity index (χ2v) is 4.72. The molecule has 5 heteroatoms. The summed E-state index contributed by atoms with van der Waals surface area (Å²) in [5.41, 5.74) is -0.110. The molecule has 0 aromatic carbocycles. The van der Waals surface area contributed by atoms with Gasteiger partial charge >= 0.3 is 0 Å². The Labute approximate surface area is 95.3 Å². The van der Waals surface area contributed by atoms with Crippen molar-refractivity contribution < 1.29 is 19.3 Å². The van der Waals surface area contributed by atoms with Crippen LogP contribution in [0.25, 0.3) is 0 Å². The quantitative estimate of drug-likeness (QED) is 0.727. The van der Waals surface area contributed by atoms with Crippen molar-refractivity contribution >= 4 is 11.8 Å². The highest BCUT2D eigenvalue weighted by Gasteiger charge is 2.35. The predicted molar refractivity (Wildman–Crippen MR) is 59.8 cm³/mol. The number of aliphatic hydroxyl groups excluding tert-OH is 1. The summed E-state index contributed by atoms with van der Waals surface area (Å²) in [7, 11) is 0. The second kappa shape index (κ2) is 6.70. The third-order valence-corrected chi connectivity index (χ3v) is 3.23. The van der Waals surface area contributed by atoms with Crippen LogP contribution in [0, 0.1) is 0 Å². The molecule has 1 saturated heterocycles. The number of ether oxygens (including phenoxy) is 3. The van der Waals surface area contributed by atoms with Crippen molar-refractivity contribution in [3.63, 3.8) is 0 Å². The second-order valence-electron chi connectivity index (χ2n) is 3.35. The van der Waals surface area contributed by atoms with Gasteiger partial charge < -0.3 is 19.3 Å². The van der Waals surface area contributed by atoms with E-state index in [0.29, 0.717) is 13.2 Å². The lowest BCUT2D eigenvalue weighted by molar-refractivity contribution is -0.258. The SMILES string of the molecule is CCOC(SCC)[C@@H]1OC(C)OC[C@H]1O. The molecule has 0 amide bonds. The maximum Gasteiger partial charge on any atom is 0.155 e. The lowest BCUT2D eigenvalue weighted by Gasteiger charge is -2.36. The summed E-state index contributed by atoms with van der Waals surface area (Å²) in [4.78, 5) is 0. The topological polar surface area (TPSA) is 47.9 Å². The van der Waals surface area contributed by atoms with E-state index in [4.69, 9.17) is 14.2 Å². The lowest BCUT2D eigenvalue weighted by Crippen LogP contribution is -2.48. The van der Waals surface area contributed by atoms with Crippen LogP contribution >= 0.6 is 11.8 Å². The van der Waals surface area contributed by atoms with E-state index < -0.39 is 6.10 Å². The monoisotopic (exact) mass is 236 g/mol. The summed E-state index contributed by atoms with van der Waals surface area (Å²) in [6.45, 7) is 6.78. The van der Waals surface area contributed by atoms with Crippen molar-refractivity contribution in [2.45, 2.75) is 44.7 Å². The van der Waals surface area contributed by atoms with Crippen LogP contribution in [0.15, 0.2) is 0 Å². The zero-order chi connectivity index (χ0) is 11.3. The highest BCUT2D eigenvalue weighted by atomic mass is 32.2. The van der Waals surface area contributed by atoms with Gasteiger partial charge in [0.1, 0.15) is 17.6 Å². The van der Waals surface area contributed by atoms with E-state index in [-0.39, 0.29) is 17.8 Å². The Hall–Kier alpha value is 0.190. The van der Waals surface area contributed by atoms with Crippen LogP contribution in [0.5, 0.6) is 0 Å². The summed E-state index contributed by atoms with van der Waals surface area (Å²) in [6.07, 6.45) is -1.16. The van der Waals surface area contributed by atoms with Gasteiger partial charge in [0.25, 0.3) is 0 Å². The average molecular weight is 236 g/mol. The summed E-state index contributed by atoms with van der Waals surface area (Å²) in [6, 6.07) is 0. The molecule has 4 atom stereocenters. The fraction of sp³-hybridized carbons (Fsp3) is 1.00. The van der Waals surface area contributed by atoms with Crippen molar-refractivity contribution in [1.82, 2.24) is 0 Å². The van der Waals surface area contributed by atoms with E-state index in [1.54, 1.807) is 11.8 Å². The molecular weight excluding hydrogens is 216 g/mol. The van der Waals surface area contributed by atoms with Crippen molar-refractivity contribution in [1.29, 1.82) is 0 Å². The maximum absolute atomic E-state index is 9.77. The summed E-state index contributed by atoms with van der Waals surface area (Å²) in [5, 5.41) is 9.77. The van der Waals surface area contributed by atoms with E-state index in [0.717, 1.165) is 5.75 Å². The molecule has 1 aliphatic rings. The molecule has 0 aliphatic carbocycles. The third kappa shape index (κ3) is 3.92. The minimum Gasteiger partial charge on any atom is -0.388 e. The van der Waals surface area contributed by atoms with Crippen molar-refractivity contribution in [2.75, 3.05) is 19.0 Å². The Balaban J connectivity index is 2.54. The average Bonchev–Trinajstić information content (AvgIpc) is 2.21. The van der Waals surface area contributed by atoms with Gasteiger partial charge in [-0.3, -0.25) is 0 Å². The van der Waals surface area contributed by atoms with Crippen molar-refractivity contribution in [3.8, 4) is 0 Å². The Morgan fingerprint density at radius 2 is 2.27 bits per heavy atom. The molecular formula is C10H20O4S. The Morgan fingerprint density at radius 1 is 1.53 bits per heavy atom. The maximum atomic E-state index is 9.77. The molecule has 2 unspecified atom stereocenters. The molecule has 1 N–H and O–H groups in total. The van der Waals surface area contributed by atoms with Gasteiger partial charge in [0.2, 0.25) is 0 Å². The van der Waals surface area contributed by atoms with Gasteiger partial charge in [-0.1, -0.05) is 6.92 Å². The molecule has 0 aromatic rings. The molecule has 4 nitrogen and oxygen atoms in total. The number of hydrogen-bond acceptors (Lipinski definition) is 5. The molecule has 1 fully saturated rings. The lowest BCUT2D eigenvalue weighted by atomic mass is 10.2. The molecule has 0 radical (unpaired) electrons. The zero-order valence-electron chi connectivity index (χ0n) is 9.51. The van der Waals surface area contributed by atoms with Crippen LogP contribution in [0.3, 0.4) is 0 Å². The first-order valence-corrected chi connectivity index (χ1v) is 6.42. The van der Waals surface area contributed by atoms with E-state index >= 15 is 0 Å². The van der Waals surface area contributed by atoms with Crippen LogP contribution in [0.4, 0.5) is 0 Å².